The SMILES string of the molecule is CCCC=CCC=C/C=C/C=C/CN=O. The molecule has 0 saturated heterocycles. The lowest BCUT2D eigenvalue weighted by Gasteiger charge is -1.82. The molecule has 0 unspecified atom stereocenters. The van der Waals surface area contributed by atoms with Crippen LogP contribution >= 0.6 is 0 Å². The first-order valence-electron chi connectivity index (χ1n) is 5.34. The van der Waals surface area contributed by atoms with Crippen LogP contribution < -0.4 is 0 Å². The number of rotatable bonds is 8. The maximum atomic E-state index is 9.72. The smallest absolute Gasteiger partial charge is 0.0995 e. The molecule has 0 aromatic carbocycles. The number of unbranched alkanes of at least 4 members (excludes halogenated alkanes) is 1. The van der Waals surface area contributed by atoms with E-state index in [9.17, 15) is 4.91 Å². The first kappa shape index (κ1) is 13.6. The Morgan fingerprint density at radius 2 is 1.67 bits per heavy atom. The van der Waals surface area contributed by atoms with E-state index in [-0.39, 0.29) is 6.54 Å². The van der Waals surface area contributed by atoms with E-state index in [1.807, 2.05) is 24.3 Å². The topological polar surface area (TPSA) is 29.4 Å². The summed E-state index contributed by atoms with van der Waals surface area (Å²) in [5.41, 5.74) is 0. The van der Waals surface area contributed by atoms with E-state index in [4.69, 9.17) is 0 Å². The minimum Gasteiger partial charge on any atom is -0.150 e. The molecule has 0 fully saturated rings. The van der Waals surface area contributed by atoms with Gasteiger partial charge in [0.15, 0.2) is 0 Å². The largest absolute Gasteiger partial charge is 0.150 e. The lowest BCUT2D eigenvalue weighted by atomic mass is 10.2. The van der Waals surface area contributed by atoms with Gasteiger partial charge < -0.3 is 0 Å². The Hall–Kier alpha value is -1.44. The highest BCUT2D eigenvalue weighted by Crippen LogP contribution is 1.92. The summed E-state index contributed by atoms with van der Waals surface area (Å²) >= 11 is 0. The molecule has 0 radical (unpaired) electrons. The first-order valence-corrected chi connectivity index (χ1v) is 5.34. The molecule has 0 aliphatic rings. The van der Waals surface area contributed by atoms with Crippen molar-refractivity contribution >= 4 is 0 Å². The number of allylic oxidation sites excluding steroid dienone is 7. The van der Waals surface area contributed by atoms with Crippen molar-refractivity contribution in [3.05, 3.63) is 53.5 Å². The van der Waals surface area contributed by atoms with Crippen molar-refractivity contribution in [3.63, 3.8) is 0 Å². The lowest BCUT2D eigenvalue weighted by molar-refractivity contribution is 0.954. The Bertz CT molecular complexity index is 249. The van der Waals surface area contributed by atoms with Crippen molar-refractivity contribution in [1.82, 2.24) is 0 Å². The first-order chi connectivity index (χ1) is 7.41. The standard InChI is InChI=1S/C13H19NO/c1-2-3-4-5-6-7-8-9-10-11-12-13-14-15/h4-5,7-12H,2-3,6,13H2,1H3/b5-4?,8-7?,10-9+,12-11+. The van der Waals surface area contributed by atoms with Crippen LogP contribution in [0, 0.1) is 4.91 Å². The normalized spacial score (nSPS) is 12.6. The Labute approximate surface area is 92.1 Å². The fourth-order valence-electron chi connectivity index (χ4n) is 0.927. The Morgan fingerprint density at radius 3 is 2.33 bits per heavy atom. The van der Waals surface area contributed by atoms with Crippen LogP contribution in [0.25, 0.3) is 0 Å². The predicted octanol–water partition coefficient (Wildman–Crippen LogP) is 4.17. The maximum absolute atomic E-state index is 9.72. The van der Waals surface area contributed by atoms with Crippen molar-refractivity contribution in [2.75, 3.05) is 6.54 Å². The van der Waals surface area contributed by atoms with Gasteiger partial charge in [0, 0.05) is 0 Å². The van der Waals surface area contributed by atoms with Crippen LogP contribution in [0.1, 0.15) is 26.2 Å². The number of nitroso groups, excluding NO2 is 1. The lowest BCUT2D eigenvalue weighted by Crippen LogP contribution is -1.64. The summed E-state index contributed by atoms with van der Waals surface area (Å²) in [6, 6.07) is 0. The van der Waals surface area contributed by atoms with Crippen LogP contribution in [0.15, 0.2) is 53.8 Å². The molecule has 2 heteroatoms. The fraction of sp³-hybridized carbons (Fsp3) is 0.385. The summed E-state index contributed by atoms with van der Waals surface area (Å²) in [5, 5.41) is 2.71. The van der Waals surface area contributed by atoms with Gasteiger partial charge >= 0.3 is 0 Å². The van der Waals surface area contributed by atoms with Crippen molar-refractivity contribution in [1.29, 1.82) is 0 Å². The molecule has 0 aromatic rings. The number of hydrogen-bond donors (Lipinski definition) is 0. The van der Waals surface area contributed by atoms with E-state index in [0.29, 0.717) is 0 Å². The average Bonchev–Trinajstić information content (AvgIpc) is 2.26. The van der Waals surface area contributed by atoms with Crippen LogP contribution in [0.2, 0.25) is 0 Å². The molecule has 0 amide bonds. The zero-order valence-electron chi connectivity index (χ0n) is 9.30. The van der Waals surface area contributed by atoms with Gasteiger partial charge in [-0.05, 0) is 12.8 Å². The molecule has 0 atom stereocenters. The van der Waals surface area contributed by atoms with E-state index in [1.165, 1.54) is 6.42 Å². The van der Waals surface area contributed by atoms with Gasteiger partial charge in [-0.15, -0.1) is 0 Å². The maximum Gasteiger partial charge on any atom is 0.0995 e. The van der Waals surface area contributed by atoms with Gasteiger partial charge in [-0.1, -0.05) is 67.1 Å². The second-order valence-electron chi connectivity index (χ2n) is 3.05. The molecule has 15 heavy (non-hydrogen) atoms. The van der Waals surface area contributed by atoms with Crippen LogP contribution in [0.3, 0.4) is 0 Å². The van der Waals surface area contributed by atoms with E-state index in [0.717, 1.165) is 12.8 Å². The number of hydrogen-bond acceptors (Lipinski definition) is 2. The van der Waals surface area contributed by atoms with Gasteiger partial charge in [0.05, 0.1) is 6.54 Å². The molecule has 0 heterocycles. The van der Waals surface area contributed by atoms with Gasteiger partial charge in [0.1, 0.15) is 0 Å². The predicted molar refractivity (Wildman–Crippen MR) is 66.7 cm³/mol. The van der Waals surface area contributed by atoms with Crippen LogP contribution in [0.5, 0.6) is 0 Å². The average molecular weight is 205 g/mol. The third kappa shape index (κ3) is 12.6. The monoisotopic (exact) mass is 205 g/mol. The van der Waals surface area contributed by atoms with E-state index in [2.05, 4.69) is 30.3 Å². The molecule has 0 N–H and O–H groups in total. The molecule has 0 rings (SSSR count). The molecular formula is C13H19NO. The zero-order chi connectivity index (χ0) is 11.2. The molecule has 0 bridgehead atoms. The molecule has 0 aromatic heterocycles. The Kier molecular flexibility index (Phi) is 11.4. The Morgan fingerprint density at radius 1 is 0.933 bits per heavy atom. The van der Waals surface area contributed by atoms with E-state index >= 15 is 0 Å². The fourth-order valence-corrected chi connectivity index (χ4v) is 0.927. The molecule has 0 aliphatic carbocycles. The van der Waals surface area contributed by atoms with Gasteiger partial charge in [-0.2, -0.15) is 4.91 Å². The molecule has 0 saturated carbocycles. The minimum absolute atomic E-state index is 0.244. The molecule has 0 spiro atoms. The highest BCUT2D eigenvalue weighted by atomic mass is 16.3. The second kappa shape index (κ2) is 12.6. The third-order valence-electron chi connectivity index (χ3n) is 1.68. The molecule has 82 valence electrons. The zero-order valence-corrected chi connectivity index (χ0v) is 9.30. The number of nitrogens with zero attached hydrogens (tertiary/aromatic N) is 1. The summed E-state index contributed by atoms with van der Waals surface area (Å²) < 4.78 is 0. The van der Waals surface area contributed by atoms with Crippen molar-refractivity contribution in [3.8, 4) is 0 Å². The third-order valence-corrected chi connectivity index (χ3v) is 1.68. The molecule has 2 nitrogen and oxygen atoms in total. The van der Waals surface area contributed by atoms with Gasteiger partial charge in [-0.3, -0.25) is 0 Å². The van der Waals surface area contributed by atoms with Crippen molar-refractivity contribution in [2.24, 2.45) is 5.18 Å². The van der Waals surface area contributed by atoms with Gasteiger partial charge in [0.25, 0.3) is 0 Å². The van der Waals surface area contributed by atoms with Crippen molar-refractivity contribution < 1.29 is 0 Å². The van der Waals surface area contributed by atoms with Crippen LogP contribution in [-0.2, 0) is 0 Å². The van der Waals surface area contributed by atoms with Crippen molar-refractivity contribution in [2.45, 2.75) is 26.2 Å². The summed E-state index contributed by atoms with van der Waals surface area (Å²) in [6.07, 6.45) is 19.2. The van der Waals surface area contributed by atoms with Crippen LogP contribution in [-0.4, -0.2) is 6.54 Å². The molecular weight excluding hydrogens is 186 g/mol. The van der Waals surface area contributed by atoms with E-state index < -0.39 is 0 Å². The van der Waals surface area contributed by atoms with Gasteiger partial charge in [0.2, 0.25) is 0 Å². The summed E-state index contributed by atoms with van der Waals surface area (Å²) in [4.78, 5) is 9.72. The highest BCUT2D eigenvalue weighted by Gasteiger charge is 1.72. The summed E-state index contributed by atoms with van der Waals surface area (Å²) in [7, 11) is 0. The summed E-state index contributed by atoms with van der Waals surface area (Å²) in [6.45, 7) is 2.41. The highest BCUT2D eigenvalue weighted by molar-refractivity contribution is 5.12. The molecule has 0 aliphatic heterocycles. The quantitative estimate of drug-likeness (QED) is 0.332. The van der Waals surface area contributed by atoms with E-state index in [1.54, 1.807) is 6.08 Å². The second-order valence-corrected chi connectivity index (χ2v) is 3.05. The van der Waals surface area contributed by atoms with Crippen LogP contribution in [0.4, 0.5) is 0 Å². The van der Waals surface area contributed by atoms with Gasteiger partial charge in [-0.25, -0.2) is 0 Å². The minimum atomic E-state index is 0.244. The Balaban J connectivity index is 3.48. The summed E-state index contributed by atoms with van der Waals surface area (Å²) in [5.74, 6) is 0.